The summed E-state index contributed by atoms with van der Waals surface area (Å²) in [4.78, 5) is 6.98. The molecule has 1 aromatic carbocycles. The summed E-state index contributed by atoms with van der Waals surface area (Å²) in [6, 6.07) is 7.79. The predicted octanol–water partition coefficient (Wildman–Crippen LogP) is 2.34. The van der Waals surface area contributed by atoms with Gasteiger partial charge in [0.25, 0.3) is 0 Å². The SMILES string of the molecule is Cc1cccc(On2cccn2)c1C. The highest BCUT2D eigenvalue weighted by molar-refractivity contribution is 5.38. The zero-order chi connectivity index (χ0) is 9.97. The quantitative estimate of drug-likeness (QED) is 0.723. The molecule has 1 heterocycles. The van der Waals surface area contributed by atoms with Crippen LogP contribution < -0.4 is 4.84 Å². The topological polar surface area (TPSA) is 27.1 Å². The minimum Gasteiger partial charge on any atom is -0.358 e. The molecule has 0 N–H and O–H groups in total. The molecule has 0 radical (unpaired) electrons. The Morgan fingerprint density at radius 2 is 2.07 bits per heavy atom. The largest absolute Gasteiger partial charge is 0.358 e. The number of nitrogens with zero attached hydrogens (tertiary/aromatic N) is 2. The lowest BCUT2D eigenvalue weighted by Crippen LogP contribution is -2.06. The van der Waals surface area contributed by atoms with Gasteiger partial charge >= 0.3 is 0 Å². The molecule has 0 atom stereocenters. The van der Waals surface area contributed by atoms with Crippen molar-refractivity contribution in [2.75, 3.05) is 0 Å². The number of benzene rings is 1. The Bertz CT molecular complexity index is 421. The molecule has 0 amide bonds. The van der Waals surface area contributed by atoms with Gasteiger partial charge in [-0.15, -0.1) is 9.94 Å². The van der Waals surface area contributed by atoms with E-state index in [9.17, 15) is 0 Å². The second kappa shape index (κ2) is 3.54. The number of aryl methyl sites for hydroxylation is 1. The summed E-state index contributed by atoms with van der Waals surface area (Å²) < 4.78 is 0. The van der Waals surface area contributed by atoms with E-state index in [4.69, 9.17) is 4.84 Å². The van der Waals surface area contributed by atoms with Crippen LogP contribution in [0.5, 0.6) is 5.75 Å². The molecule has 2 rings (SSSR count). The Morgan fingerprint density at radius 1 is 1.21 bits per heavy atom. The fourth-order valence-corrected chi connectivity index (χ4v) is 1.23. The van der Waals surface area contributed by atoms with Crippen LogP contribution in [0.4, 0.5) is 0 Å². The Morgan fingerprint density at radius 3 is 2.79 bits per heavy atom. The standard InChI is InChI=1S/C11H12N2O/c1-9-5-3-6-11(10(9)2)14-13-8-4-7-12-13/h3-8H,1-2H3. The second-order valence-electron chi connectivity index (χ2n) is 3.20. The Labute approximate surface area is 82.9 Å². The third-order valence-electron chi connectivity index (χ3n) is 2.23. The minimum atomic E-state index is 0.841. The van der Waals surface area contributed by atoms with Gasteiger partial charge in [-0.25, -0.2) is 0 Å². The summed E-state index contributed by atoms with van der Waals surface area (Å²) in [7, 11) is 0. The number of hydrogen-bond donors (Lipinski definition) is 0. The molecule has 3 nitrogen and oxygen atoms in total. The average molecular weight is 188 g/mol. The second-order valence-corrected chi connectivity index (χ2v) is 3.20. The van der Waals surface area contributed by atoms with Crippen molar-refractivity contribution in [1.82, 2.24) is 9.94 Å². The average Bonchev–Trinajstić information content (AvgIpc) is 2.66. The molecule has 2 aromatic rings. The van der Waals surface area contributed by atoms with Gasteiger partial charge in [0.2, 0.25) is 0 Å². The van der Waals surface area contributed by atoms with Crippen molar-refractivity contribution in [3.05, 3.63) is 47.8 Å². The smallest absolute Gasteiger partial charge is 0.161 e. The summed E-state index contributed by atoms with van der Waals surface area (Å²) in [5, 5.41) is 3.98. The summed E-state index contributed by atoms with van der Waals surface area (Å²) in [6.07, 6.45) is 3.45. The molecule has 0 fully saturated rings. The summed E-state index contributed by atoms with van der Waals surface area (Å²) >= 11 is 0. The van der Waals surface area contributed by atoms with E-state index < -0.39 is 0 Å². The van der Waals surface area contributed by atoms with E-state index in [1.165, 1.54) is 10.4 Å². The maximum atomic E-state index is 5.54. The van der Waals surface area contributed by atoms with E-state index in [-0.39, 0.29) is 0 Å². The minimum absolute atomic E-state index is 0.841. The summed E-state index contributed by atoms with van der Waals surface area (Å²) in [5.41, 5.74) is 2.36. The van der Waals surface area contributed by atoms with E-state index in [2.05, 4.69) is 18.1 Å². The monoisotopic (exact) mass is 188 g/mol. The fraction of sp³-hybridized carbons (Fsp3) is 0.182. The normalized spacial score (nSPS) is 10.1. The molecule has 0 aliphatic carbocycles. The first-order valence-corrected chi connectivity index (χ1v) is 4.51. The molecule has 72 valence electrons. The van der Waals surface area contributed by atoms with Crippen LogP contribution in [0.3, 0.4) is 0 Å². The summed E-state index contributed by atoms with van der Waals surface area (Å²) in [5.74, 6) is 0.841. The van der Waals surface area contributed by atoms with E-state index in [0.29, 0.717) is 0 Å². The van der Waals surface area contributed by atoms with Crippen molar-refractivity contribution < 1.29 is 4.84 Å². The van der Waals surface area contributed by atoms with E-state index >= 15 is 0 Å². The first-order chi connectivity index (χ1) is 6.77. The molecule has 0 saturated heterocycles. The van der Waals surface area contributed by atoms with Crippen LogP contribution in [0.1, 0.15) is 11.1 Å². The molecule has 0 bridgehead atoms. The van der Waals surface area contributed by atoms with E-state index in [1.54, 1.807) is 12.4 Å². The van der Waals surface area contributed by atoms with Gasteiger partial charge in [0, 0.05) is 0 Å². The predicted molar refractivity (Wildman–Crippen MR) is 54.2 cm³/mol. The first kappa shape index (κ1) is 8.81. The maximum absolute atomic E-state index is 5.54. The number of rotatable bonds is 2. The van der Waals surface area contributed by atoms with E-state index in [1.807, 2.05) is 25.1 Å². The molecular weight excluding hydrogens is 176 g/mol. The molecule has 0 saturated carbocycles. The van der Waals surface area contributed by atoms with Crippen LogP contribution in [0.15, 0.2) is 36.7 Å². The van der Waals surface area contributed by atoms with Gasteiger partial charge < -0.3 is 4.84 Å². The fourth-order valence-electron chi connectivity index (χ4n) is 1.23. The van der Waals surface area contributed by atoms with Gasteiger partial charge in [-0.3, -0.25) is 0 Å². The van der Waals surface area contributed by atoms with Crippen molar-refractivity contribution in [1.29, 1.82) is 0 Å². The van der Waals surface area contributed by atoms with E-state index in [0.717, 1.165) is 11.3 Å². The third kappa shape index (κ3) is 1.62. The van der Waals surface area contributed by atoms with Crippen LogP contribution in [0, 0.1) is 13.8 Å². The van der Waals surface area contributed by atoms with Gasteiger partial charge in [-0.05, 0) is 37.1 Å². The Balaban J connectivity index is 2.29. The highest BCUT2D eigenvalue weighted by Crippen LogP contribution is 2.20. The van der Waals surface area contributed by atoms with Gasteiger partial charge in [0.1, 0.15) is 0 Å². The van der Waals surface area contributed by atoms with Crippen molar-refractivity contribution >= 4 is 0 Å². The molecule has 0 aliphatic rings. The first-order valence-electron chi connectivity index (χ1n) is 4.51. The van der Waals surface area contributed by atoms with Crippen molar-refractivity contribution in [3.63, 3.8) is 0 Å². The molecule has 0 spiro atoms. The lowest BCUT2D eigenvalue weighted by atomic mass is 10.1. The van der Waals surface area contributed by atoms with Crippen LogP contribution in [0.2, 0.25) is 0 Å². The molecule has 14 heavy (non-hydrogen) atoms. The van der Waals surface area contributed by atoms with Crippen molar-refractivity contribution in [2.24, 2.45) is 0 Å². The maximum Gasteiger partial charge on any atom is 0.161 e. The van der Waals surface area contributed by atoms with Crippen molar-refractivity contribution in [3.8, 4) is 5.75 Å². The van der Waals surface area contributed by atoms with Gasteiger partial charge in [-0.1, -0.05) is 12.1 Å². The molecule has 3 heteroatoms. The van der Waals surface area contributed by atoms with Crippen LogP contribution in [-0.4, -0.2) is 9.94 Å². The Hall–Kier alpha value is -1.77. The zero-order valence-electron chi connectivity index (χ0n) is 8.27. The lowest BCUT2D eigenvalue weighted by molar-refractivity contribution is 0.177. The number of hydrogen-bond acceptors (Lipinski definition) is 2. The van der Waals surface area contributed by atoms with Gasteiger partial charge in [0.05, 0.1) is 12.4 Å². The van der Waals surface area contributed by atoms with Crippen LogP contribution in [-0.2, 0) is 0 Å². The molecule has 0 unspecified atom stereocenters. The third-order valence-corrected chi connectivity index (χ3v) is 2.23. The van der Waals surface area contributed by atoms with Crippen LogP contribution in [0.25, 0.3) is 0 Å². The Kier molecular flexibility index (Phi) is 2.23. The molecular formula is C11H12N2O. The van der Waals surface area contributed by atoms with Gasteiger partial charge in [0.15, 0.2) is 5.75 Å². The molecule has 1 aromatic heterocycles. The van der Waals surface area contributed by atoms with Gasteiger partial charge in [-0.2, -0.15) is 0 Å². The highest BCUT2D eigenvalue weighted by Gasteiger charge is 2.02. The number of aromatic nitrogens is 2. The summed E-state index contributed by atoms with van der Waals surface area (Å²) in [6.45, 7) is 4.10. The molecule has 0 aliphatic heterocycles. The highest BCUT2D eigenvalue weighted by atomic mass is 16.7. The van der Waals surface area contributed by atoms with Crippen LogP contribution >= 0.6 is 0 Å². The van der Waals surface area contributed by atoms with Crippen molar-refractivity contribution in [2.45, 2.75) is 13.8 Å². The zero-order valence-corrected chi connectivity index (χ0v) is 8.27. The lowest BCUT2D eigenvalue weighted by Gasteiger charge is -2.08.